The highest BCUT2D eigenvalue weighted by molar-refractivity contribution is 5.78. The van der Waals surface area contributed by atoms with Crippen LogP contribution in [0, 0.1) is 5.82 Å². The summed E-state index contributed by atoms with van der Waals surface area (Å²) in [6.07, 6.45) is 2.97. The fraction of sp³-hybridized carbons (Fsp3) is 0.300. The number of carbonyl (C=O) groups is 1. The SMILES string of the molecule is O=C(Cn1cccc2cc(-c3ccc(F)cc3)nc1-2)N1CCCC(O)C1. The summed E-state index contributed by atoms with van der Waals surface area (Å²) in [6.45, 7) is 1.26. The molecule has 3 aliphatic heterocycles. The van der Waals surface area contributed by atoms with Crippen LogP contribution >= 0.6 is 0 Å². The molecule has 0 radical (unpaired) electrons. The molecule has 0 saturated carbocycles. The standard InChI is InChI=1S/C20H20FN3O2/c21-16-7-5-14(6-8-16)18-11-15-3-1-10-24(20(15)22-18)13-19(26)23-9-2-4-17(25)12-23/h1,3,5-8,10-11,17,25H,2,4,9,12-13H2. The van der Waals surface area contributed by atoms with Crippen molar-refractivity contribution < 1.29 is 14.3 Å². The van der Waals surface area contributed by atoms with Crippen LogP contribution < -0.4 is 0 Å². The van der Waals surface area contributed by atoms with Crippen LogP contribution in [-0.2, 0) is 11.3 Å². The molecule has 0 bridgehead atoms. The van der Waals surface area contributed by atoms with Gasteiger partial charge in [0.2, 0.25) is 5.91 Å². The van der Waals surface area contributed by atoms with Crippen molar-refractivity contribution in [2.75, 3.05) is 13.1 Å². The molecule has 4 rings (SSSR count). The van der Waals surface area contributed by atoms with Crippen LogP contribution in [0.1, 0.15) is 12.8 Å². The van der Waals surface area contributed by atoms with E-state index in [2.05, 4.69) is 4.98 Å². The van der Waals surface area contributed by atoms with E-state index < -0.39 is 6.10 Å². The lowest BCUT2D eigenvalue weighted by atomic mass is 10.1. The minimum absolute atomic E-state index is 0.0208. The molecule has 1 atom stereocenters. The number of piperidine rings is 1. The van der Waals surface area contributed by atoms with E-state index in [0.29, 0.717) is 13.1 Å². The average molecular weight is 353 g/mol. The van der Waals surface area contributed by atoms with Crippen molar-refractivity contribution >= 4 is 5.91 Å². The van der Waals surface area contributed by atoms with Gasteiger partial charge in [0.05, 0.1) is 11.8 Å². The number of carbonyl (C=O) groups excluding carboxylic acids is 1. The molecule has 1 saturated heterocycles. The summed E-state index contributed by atoms with van der Waals surface area (Å²) in [5.41, 5.74) is 2.51. The zero-order valence-electron chi connectivity index (χ0n) is 14.3. The van der Waals surface area contributed by atoms with Gasteiger partial charge in [-0.25, -0.2) is 9.37 Å². The fourth-order valence-electron chi connectivity index (χ4n) is 3.42. The molecule has 1 unspecified atom stereocenters. The molecular weight excluding hydrogens is 333 g/mol. The minimum atomic E-state index is -0.435. The number of β-amino-alcohol motifs (C(OH)–C–C–N with tert-alkyl or cyclic N) is 1. The topological polar surface area (TPSA) is 58.4 Å². The molecule has 1 aromatic rings. The van der Waals surface area contributed by atoms with E-state index in [0.717, 1.165) is 35.5 Å². The van der Waals surface area contributed by atoms with Crippen molar-refractivity contribution in [3.63, 3.8) is 0 Å². The Balaban J connectivity index is 1.60. The van der Waals surface area contributed by atoms with Crippen molar-refractivity contribution in [1.82, 2.24) is 14.5 Å². The number of rotatable bonds is 3. The van der Waals surface area contributed by atoms with Gasteiger partial charge in [0, 0.05) is 30.4 Å². The Morgan fingerprint density at radius 1 is 1.23 bits per heavy atom. The quantitative estimate of drug-likeness (QED) is 0.788. The van der Waals surface area contributed by atoms with Gasteiger partial charge in [-0.1, -0.05) is 0 Å². The molecule has 3 heterocycles. The van der Waals surface area contributed by atoms with Crippen LogP contribution in [0.4, 0.5) is 4.39 Å². The van der Waals surface area contributed by atoms with Gasteiger partial charge in [-0.15, -0.1) is 0 Å². The first kappa shape index (κ1) is 16.7. The Kier molecular flexibility index (Phi) is 4.42. The number of pyridine rings is 1. The van der Waals surface area contributed by atoms with Crippen molar-refractivity contribution in [1.29, 1.82) is 0 Å². The Hall–Kier alpha value is -2.73. The summed E-state index contributed by atoms with van der Waals surface area (Å²) in [5, 5.41) is 9.78. The van der Waals surface area contributed by atoms with E-state index in [9.17, 15) is 14.3 Å². The van der Waals surface area contributed by atoms with Crippen LogP contribution in [0.25, 0.3) is 22.6 Å². The van der Waals surface area contributed by atoms with Crippen LogP contribution in [-0.4, -0.2) is 44.7 Å². The molecule has 0 aliphatic carbocycles. The number of aliphatic hydroxyl groups is 1. The maximum absolute atomic E-state index is 13.1. The molecule has 1 amide bonds. The number of nitrogens with zero attached hydrogens (tertiary/aromatic N) is 3. The first-order valence-electron chi connectivity index (χ1n) is 8.78. The lowest BCUT2D eigenvalue weighted by Crippen LogP contribution is -2.43. The van der Waals surface area contributed by atoms with Gasteiger partial charge in [-0.3, -0.25) is 4.79 Å². The number of hydrogen-bond donors (Lipinski definition) is 1. The second kappa shape index (κ2) is 6.88. The Labute approximate surface area is 151 Å². The predicted molar refractivity (Wildman–Crippen MR) is 96.1 cm³/mol. The smallest absolute Gasteiger partial charge is 0.242 e. The predicted octanol–water partition coefficient (Wildman–Crippen LogP) is 2.78. The van der Waals surface area contributed by atoms with Crippen LogP contribution in [0.3, 0.4) is 0 Å². The van der Waals surface area contributed by atoms with Gasteiger partial charge < -0.3 is 14.6 Å². The van der Waals surface area contributed by atoms with Crippen molar-refractivity contribution in [2.45, 2.75) is 25.5 Å². The number of halogens is 1. The van der Waals surface area contributed by atoms with Gasteiger partial charge in [0.1, 0.15) is 18.2 Å². The zero-order chi connectivity index (χ0) is 18.1. The number of hydrogen-bond acceptors (Lipinski definition) is 3. The minimum Gasteiger partial charge on any atom is -0.391 e. The molecule has 6 heteroatoms. The van der Waals surface area contributed by atoms with Crippen molar-refractivity contribution in [2.24, 2.45) is 0 Å². The number of benzene rings is 1. The third-order valence-electron chi connectivity index (χ3n) is 4.79. The lowest BCUT2D eigenvalue weighted by molar-refractivity contribution is -0.134. The molecule has 1 N–H and O–H groups in total. The van der Waals surface area contributed by atoms with Crippen LogP contribution in [0.2, 0.25) is 0 Å². The van der Waals surface area contributed by atoms with Crippen LogP contribution in [0.5, 0.6) is 0 Å². The largest absolute Gasteiger partial charge is 0.391 e. The van der Waals surface area contributed by atoms with E-state index in [4.69, 9.17) is 0 Å². The number of aromatic nitrogens is 2. The van der Waals surface area contributed by atoms with Crippen LogP contribution in [0.15, 0.2) is 48.7 Å². The molecule has 0 spiro atoms. The molecule has 134 valence electrons. The maximum Gasteiger partial charge on any atom is 0.242 e. The monoisotopic (exact) mass is 353 g/mol. The van der Waals surface area contributed by atoms with E-state index in [1.165, 1.54) is 12.1 Å². The number of likely N-dealkylation sites (tertiary alicyclic amines) is 1. The first-order valence-corrected chi connectivity index (χ1v) is 8.78. The highest BCUT2D eigenvalue weighted by Crippen LogP contribution is 2.28. The summed E-state index contributed by atoms with van der Waals surface area (Å²) in [5.74, 6) is 0.416. The Morgan fingerprint density at radius 2 is 2.04 bits per heavy atom. The van der Waals surface area contributed by atoms with Gasteiger partial charge in [0.25, 0.3) is 0 Å². The zero-order valence-corrected chi connectivity index (χ0v) is 14.3. The summed E-state index contributed by atoms with van der Waals surface area (Å²) in [4.78, 5) is 19.0. The summed E-state index contributed by atoms with van der Waals surface area (Å²) >= 11 is 0. The summed E-state index contributed by atoms with van der Waals surface area (Å²) in [6, 6.07) is 12.0. The highest BCUT2D eigenvalue weighted by atomic mass is 19.1. The Bertz CT molecular complexity index is 890. The molecule has 1 fully saturated rings. The molecule has 1 aromatic carbocycles. The van der Waals surface area contributed by atoms with E-state index in [1.54, 1.807) is 17.0 Å². The molecule has 3 aliphatic rings. The van der Waals surface area contributed by atoms with Crippen molar-refractivity contribution in [3.05, 3.63) is 54.5 Å². The maximum atomic E-state index is 13.1. The molecule has 0 aromatic heterocycles. The third-order valence-corrected chi connectivity index (χ3v) is 4.79. The Morgan fingerprint density at radius 3 is 2.81 bits per heavy atom. The van der Waals surface area contributed by atoms with Gasteiger partial charge in [-0.05, 0) is 55.3 Å². The number of fused-ring (bicyclic) bond motifs is 1. The molecule has 26 heavy (non-hydrogen) atoms. The third kappa shape index (κ3) is 3.32. The summed E-state index contributed by atoms with van der Waals surface area (Å²) in [7, 11) is 0. The molecule has 5 nitrogen and oxygen atoms in total. The average Bonchev–Trinajstić information content (AvgIpc) is 3.07. The normalized spacial score (nSPS) is 17.6. The summed E-state index contributed by atoms with van der Waals surface area (Å²) < 4.78 is 15.0. The van der Waals surface area contributed by atoms with Gasteiger partial charge >= 0.3 is 0 Å². The molecular formula is C20H20FN3O2. The van der Waals surface area contributed by atoms with E-state index in [-0.39, 0.29) is 18.3 Å². The van der Waals surface area contributed by atoms with E-state index >= 15 is 0 Å². The van der Waals surface area contributed by atoms with Gasteiger partial charge in [-0.2, -0.15) is 0 Å². The number of amides is 1. The van der Waals surface area contributed by atoms with Gasteiger partial charge in [0.15, 0.2) is 0 Å². The highest BCUT2D eigenvalue weighted by Gasteiger charge is 2.23. The van der Waals surface area contributed by atoms with E-state index in [1.807, 2.05) is 29.0 Å². The van der Waals surface area contributed by atoms with Crippen molar-refractivity contribution in [3.8, 4) is 22.6 Å². The fourth-order valence-corrected chi connectivity index (χ4v) is 3.42. The first-order chi connectivity index (χ1) is 12.6. The second-order valence-corrected chi connectivity index (χ2v) is 6.70. The lowest BCUT2D eigenvalue weighted by Gasteiger charge is -2.30. The number of aliphatic hydroxyl groups excluding tert-OH is 1. The second-order valence-electron chi connectivity index (χ2n) is 6.70.